The summed E-state index contributed by atoms with van der Waals surface area (Å²) in [5, 5.41) is 5.20. The number of allylic oxidation sites excluding steroid dienone is 2. The van der Waals surface area contributed by atoms with Gasteiger partial charge in [-0.25, -0.2) is 4.79 Å². The maximum Gasteiger partial charge on any atom is 0.408 e. The van der Waals surface area contributed by atoms with Gasteiger partial charge in [0.1, 0.15) is 23.0 Å². The number of carbonyl (C=O) groups excluding carboxylic acids is 4. The lowest BCUT2D eigenvalue weighted by Crippen LogP contribution is -2.50. The van der Waals surface area contributed by atoms with Crippen molar-refractivity contribution in [2.75, 3.05) is 20.8 Å². The van der Waals surface area contributed by atoms with E-state index in [2.05, 4.69) is 10.6 Å². The minimum Gasteiger partial charge on any atom is -0.492 e. The Balaban J connectivity index is 2.22. The number of hydrogen-bond acceptors (Lipinski definition) is 8. The van der Waals surface area contributed by atoms with Crippen LogP contribution in [0.4, 0.5) is 4.79 Å². The van der Waals surface area contributed by atoms with Crippen LogP contribution >= 0.6 is 0 Å². The van der Waals surface area contributed by atoms with E-state index in [4.69, 9.17) is 18.9 Å². The lowest BCUT2D eigenvalue weighted by molar-refractivity contribution is -0.123. The van der Waals surface area contributed by atoms with Gasteiger partial charge in [0.15, 0.2) is 11.5 Å². The highest BCUT2D eigenvalue weighted by atomic mass is 16.6. The molecule has 0 bridgehead atoms. The van der Waals surface area contributed by atoms with Crippen LogP contribution in [0.2, 0.25) is 0 Å². The largest absolute Gasteiger partial charge is 0.492 e. The molecule has 2 rings (SSSR count). The molecule has 37 heavy (non-hydrogen) atoms. The molecule has 0 aliphatic heterocycles. The van der Waals surface area contributed by atoms with E-state index < -0.39 is 35.2 Å². The van der Waals surface area contributed by atoms with Gasteiger partial charge >= 0.3 is 6.09 Å². The second-order valence-electron chi connectivity index (χ2n) is 10.4. The molecule has 1 aliphatic rings. The highest BCUT2D eigenvalue weighted by Crippen LogP contribution is 2.21. The molecule has 0 aromatic heterocycles. The number of ether oxygens (including phenoxy) is 4. The second kappa shape index (κ2) is 11.9. The number of amides is 2. The third-order valence-corrected chi connectivity index (χ3v) is 4.92. The molecule has 10 heteroatoms. The fraction of sp³-hybridized carbons (Fsp3) is 0.481. The normalized spacial score (nSPS) is 15.0. The van der Waals surface area contributed by atoms with Crippen LogP contribution in [0.1, 0.15) is 47.1 Å². The van der Waals surface area contributed by atoms with Gasteiger partial charge < -0.3 is 29.6 Å². The van der Waals surface area contributed by atoms with Crippen molar-refractivity contribution in [3.8, 4) is 5.75 Å². The number of carbonyl (C=O) groups is 4. The Kier molecular flexibility index (Phi) is 9.49. The summed E-state index contributed by atoms with van der Waals surface area (Å²) in [7, 11) is 2.53. The van der Waals surface area contributed by atoms with Crippen molar-refractivity contribution >= 4 is 23.6 Å². The Hall–Kier alpha value is -3.82. The van der Waals surface area contributed by atoms with Crippen LogP contribution in [0.25, 0.3) is 0 Å². The molecular weight excluding hydrogens is 480 g/mol. The zero-order valence-corrected chi connectivity index (χ0v) is 22.6. The van der Waals surface area contributed by atoms with E-state index in [1.54, 1.807) is 45.0 Å². The summed E-state index contributed by atoms with van der Waals surface area (Å²) >= 11 is 0. The van der Waals surface area contributed by atoms with E-state index in [9.17, 15) is 19.2 Å². The molecule has 2 amide bonds. The molecular formula is C27H36N2O8. The molecule has 0 saturated carbocycles. The number of rotatable bonds is 9. The number of benzene rings is 1. The average molecular weight is 517 g/mol. The van der Waals surface area contributed by atoms with E-state index >= 15 is 0 Å². The van der Waals surface area contributed by atoms with Gasteiger partial charge in [0.25, 0.3) is 0 Å². The van der Waals surface area contributed by atoms with Gasteiger partial charge in [0, 0.05) is 12.5 Å². The standard InChI is InChI=1S/C27H36N2O8/c1-26(2,3)36-17-11-9-16(10-12-17)13-19(29-25(33)37-27(4,5)6)24(32)28-15-18-22(31)21(34-7)14-20(30)23(18)35-8/h9-12,14,19H,13,15H2,1-8H3,(H,28,32)(H,29,33)/t19-/m0/s1. The minimum absolute atomic E-state index is 0.0556. The third kappa shape index (κ3) is 8.96. The van der Waals surface area contributed by atoms with E-state index in [0.29, 0.717) is 5.75 Å². The maximum absolute atomic E-state index is 13.2. The van der Waals surface area contributed by atoms with Gasteiger partial charge in [-0.15, -0.1) is 0 Å². The fourth-order valence-electron chi connectivity index (χ4n) is 3.43. The van der Waals surface area contributed by atoms with Gasteiger partial charge in [0.2, 0.25) is 17.5 Å². The first kappa shape index (κ1) is 29.4. The molecule has 2 N–H and O–H groups in total. The summed E-state index contributed by atoms with van der Waals surface area (Å²) in [5.41, 5.74) is -0.441. The monoisotopic (exact) mass is 516 g/mol. The van der Waals surface area contributed by atoms with Crippen molar-refractivity contribution < 1.29 is 38.1 Å². The molecule has 10 nitrogen and oxygen atoms in total. The van der Waals surface area contributed by atoms with Crippen LogP contribution < -0.4 is 15.4 Å². The average Bonchev–Trinajstić information content (AvgIpc) is 2.77. The Labute approximate surface area is 217 Å². The molecule has 202 valence electrons. The molecule has 0 radical (unpaired) electrons. The Morgan fingerprint density at radius 3 is 2.05 bits per heavy atom. The topological polar surface area (TPSA) is 129 Å². The van der Waals surface area contributed by atoms with Crippen molar-refractivity contribution in [3.05, 3.63) is 53.0 Å². The predicted molar refractivity (Wildman–Crippen MR) is 136 cm³/mol. The molecule has 1 atom stereocenters. The lowest BCUT2D eigenvalue weighted by Gasteiger charge is -2.24. The zero-order chi connectivity index (χ0) is 28.0. The summed E-state index contributed by atoms with van der Waals surface area (Å²) in [4.78, 5) is 50.6. The van der Waals surface area contributed by atoms with Crippen molar-refractivity contribution in [1.29, 1.82) is 0 Å². The summed E-state index contributed by atoms with van der Waals surface area (Å²) < 4.78 is 21.2. The minimum atomic E-state index is -1.04. The van der Waals surface area contributed by atoms with Crippen LogP contribution in [-0.2, 0) is 35.0 Å². The van der Waals surface area contributed by atoms with E-state index in [1.165, 1.54) is 14.2 Å². The van der Waals surface area contributed by atoms with Crippen LogP contribution in [0.3, 0.4) is 0 Å². The summed E-state index contributed by atoms with van der Waals surface area (Å²) in [6.07, 6.45) is 0.394. The molecule has 0 unspecified atom stereocenters. The van der Waals surface area contributed by atoms with Gasteiger partial charge in [-0.3, -0.25) is 14.4 Å². The number of hydrogen-bond donors (Lipinski definition) is 2. The van der Waals surface area contributed by atoms with E-state index in [-0.39, 0.29) is 35.7 Å². The number of methoxy groups -OCH3 is 2. The van der Waals surface area contributed by atoms with Crippen LogP contribution in [-0.4, -0.2) is 61.6 Å². The van der Waals surface area contributed by atoms with Crippen LogP contribution in [0.15, 0.2) is 47.4 Å². The third-order valence-electron chi connectivity index (χ3n) is 4.92. The Morgan fingerprint density at radius 2 is 1.54 bits per heavy atom. The quantitative estimate of drug-likeness (QED) is 0.479. The first-order valence-corrected chi connectivity index (χ1v) is 11.8. The molecule has 1 aliphatic carbocycles. The first-order chi connectivity index (χ1) is 17.1. The molecule has 0 heterocycles. The molecule has 0 fully saturated rings. The molecule has 1 aromatic rings. The Bertz CT molecular complexity index is 1090. The number of alkyl carbamates (subject to hydrolysis) is 1. The maximum atomic E-state index is 13.2. The molecule has 0 spiro atoms. The number of nitrogens with one attached hydrogen (secondary N) is 2. The smallest absolute Gasteiger partial charge is 0.408 e. The molecule has 1 aromatic carbocycles. The van der Waals surface area contributed by atoms with Gasteiger partial charge in [-0.2, -0.15) is 0 Å². The van der Waals surface area contributed by atoms with Gasteiger partial charge in [-0.05, 0) is 59.2 Å². The lowest BCUT2D eigenvalue weighted by atomic mass is 9.99. The highest BCUT2D eigenvalue weighted by molar-refractivity contribution is 6.21. The predicted octanol–water partition coefficient (Wildman–Crippen LogP) is 3.00. The summed E-state index contributed by atoms with van der Waals surface area (Å²) in [5.74, 6) is -1.39. The van der Waals surface area contributed by atoms with Crippen molar-refractivity contribution in [2.24, 2.45) is 0 Å². The first-order valence-electron chi connectivity index (χ1n) is 11.8. The summed E-state index contributed by atoms with van der Waals surface area (Å²) in [6, 6.07) is 6.11. The fourth-order valence-corrected chi connectivity index (χ4v) is 3.43. The van der Waals surface area contributed by atoms with Gasteiger partial charge in [-0.1, -0.05) is 12.1 Å². The summed E-state index contributed by atoms with van der Waals surface area (Å²) in [6.45, 7) is 10.6. The van der Waals surface area contributed by atoms with Crippen molar-refractivity contribution in [1.82, 2.24) is 10.6 Å². The zero-order valence-electron chi connectivity index (χ0n) is 22.6. The van der Waals surface area contributed by atoms with E-state index in [1.807, 2.05) is 20.8 Å². The second-order valence-corrected chi connectivity index (χ2v) is 10.4. The SMILES string of the molecule is COC1=CC(=O)C(OC)=C(CNC(=O)[C@H](Cc2ccc(OC(C)(C)C)cc2)NC(=O)OC(C)(C)C)C1=O. The Morgan fingerprint density at radius 1 is 0.919 bits per heavy atom. The van der Waals surface area contributed by atoms with Crippen LogP contribution in [0.5, 0.6) is 5.75 Å². The van der Waals surface area contributed by atoms with Crippen molar-refractivity contribution in [2.45, 2.75) is 65.2 Å². The van der Waals surface area contributed by atoms with Gasteiger partial charge in [0.05, 0.1) is 26.3 Å². The van der Waals surface area contributed by atoms with Crippen molar-refractivity contribution in [3.63, 3.8) is 0 Å². The highest BCUT2D eigenvalue weighted by Gasteiger charge is 2.32. The molecule has 0 saturated heterocycles. The number of ketones is 2. The number of Topliss-reactive ketones (excluding diaryl/α,β-unsaturated/α-hetero) is 1. The van der Waals surface area contributed by atoms with Crippen LogP contribution in [0, 0.1) is 0 Å². The van der Waals surface area contributed by atoms with E-state index in [0.717, 1.165) is 11.6 Å².